The third kappa shape index (κ3) is 2.45. The average molecular weight is 221 g/mol. The third-order valence-corrected chi connectivity index (χ3v) is 3.70. The van der Waals surface area contributed by atoms with E-state index in [1.165, 1.54) is 5.56 Å². The molecule has 2 unspecified atom stereocenters. The van der Waals surface area contributed by atoms with E-state index in [-0.39, 0.29) is 5.41 Å². The zero-order valence-corrected chi connectivity index (χ0v) is 10.6. The second-order valence-corrected chi connectivity index (χ2v) is 4.44. The highest BCUT2D eigenvalue weighted by Crippen LogP contribution is 2.34. The van der Waals surface area contributed by atoms with Crippen LogP contribution in [-0.4, -0.2) is 20.3 Å². The van der Waals surface area contributed by atoms with Gasteiger partial charge in [0, 0.05) is 25.7 Å². The molecule has 0 aliphatic heterocycles. The molecule has 2 atom stereocenters. The second-order valence-electron chi connectivity index (χ2n) is 4.44. The molecular formula is C14H23NO. The monoisotopic (exact) mass is 221 g/mol. The van der Waals surface area contributed by atoms with Crippen LogP contribution in [0.15, 0.2) is 30.3 Å². The summed E-state index contributed by atoms with van der Waals surface area (Å²) in [5.74, 6) is 0.426. The van der Waals surface area contributed by atoms with Gasteiger partial charge < -0.3 is 10.5 Å². The van der Waals surface area contributed by atoms with Crippen LogP contribution < -0.4 is 5.73 Å². The lowest BCUT2D eigenvalue weighted by Crippen LogP contribution is -2.42. The maximum atomic E-state index is 6.03. The Bertz CT molecular complexity index is 293. The highest BCUT2D eigenvalue weighted by Gasteiger charge is 2.34. The Balaban J connectivity index is 3.05. The second kappa shape index (κ2) is 6.02. The molecule has 0 aromatic heterocycles. The predicted molar refractivity (Wildman–Crippen MR) is 68.5 cm³/mol. The Labute approximate surface area is 98.8 Å². The van der Waals surface area contributed by atoms with Crippen LogP contribution in [-0.2, 0) is 10.2 Å². The van der Waals surface area contributed by atoms with Gasteiger partial charge in [0.05, 0.1) is 0 Å². The number of hydrogen-bond acceptors (Lipinski definition) is 2. The van der Waals surface area contributed by atoms with Crippen molar-refractivity contribution in [2.24, 2.45) is 11.7 Å². The molecular weight excluding hydrogens is 198 g/mol. The zero-order chi connectivity index (χ0) is 12.0. The fraction of sp³-hybridized carbons (Fsp3) is 0.571. The van der Waals surface area contributed by atoms with E-state index in [0.717, 1.165) is 13.0 Å². The summed E-state index contributed by atoms with van der Waals surface area (Å²) in [5.41, 5.74) is 7.39. The fourth-order valence-electron chi connectivity index (χ4n) is 2.48. The lowest BCUT2D eigenvalue weighted by molar-refractivity contribution is 0.112. The van der Waals surface area contributed by atoms with Crippen molar-refractivity contribution in [1.82, 2.24) is 0 Å². The van der Waals surface area contributed by atoms with Crippen molar-refractivity contribution in [2.45, 2.75) is 25.7 Å². The van der Waals surface area contributed by atoms with E-state index in [9.17, 15) is 0 Å². The minimum Gasteiger partial charge on any atom is -0.384 e. The zero-order valence-electron chi connectivity index (χ0n) is 10.6. The van der Waals surface area contributed by atoms with Crippen molar-refractivity contribution < 1.29 is 4.74 Å². The highest BCUT2D eigenvalue weighted by molar-refractivity contribution is 5.26. The van der Waals surface area contributed by atoms with Crippen LogP contribution in [0.2, 0.25) is 0 Å². The van der Waals surface area contributed by atoms with E-state index in [1.807, 2.05) is 6.07 Å². The van der Waals surface area contributed by atoms with Gasteiger partial charge in [0.1, 0.15) is 0 Å². The Morgan fingerprint density at radius 3 is 2.38 bits per heavy atom. The summed E-state index contributed by atoms with van der Waals surface area (Å²) in [6.07, 6.45) is 1.04. The fourth-order valence-corrected chi connectivity index (χ4v) is 2.48. The van der Waals surface area contributed by atoms with Gasteiger partial charge in [-0.15, -0.1) is 0 Å². The van der Waals surface area contributed by atoms with E-state index in [4.69, 9.17) is 10.5 Å². The molecule has 90 valence electrons. The standard InChI is InChI=1S/C14H23NO/c1-4-14(11-15,12(2)10-16-3)13-8-6-5-7-9-13/h5-9,12H,4,10-11,15H2,1-3H3. The average Bonchev–Trinajstić information content (AvgIpc) is 2.33. The number of methoxy groups -OCH3 is 1. The largest absolute Gasteiger partial charge is 0.384 e. The molecule has 2 nitrogen and oxygen atoms in total. The van der Waals surface area contributed by atoms with Crippen LogP contribution >= 0.6 is 0 Å². The summed E-state index contributed by atoms with van der Waals surface area (Å²) in [7, 11) is 1.75. The first-order valence-electron chi connectivity index (χ1n) is 5.95. The van der Waals surface area contributed by atoms with Crippen molar-refractivity contribution in [3.63, 3.8) is 0 Å². The molecule has 0 spiro atoms. The first-order chi connectivity index (χ1) is 7.71. The molecule has 0 amide bonds. The Morgan fingerprint density at radius 2 is 1.94 bits per heavy atom. The molecule has 0 aliphatic rings. The molecule has 0 bridgehead atoms. The molecule has 2 heteroatoms. The molecule has 1 rings (SSSR count). The van der Waals surface area contributed by atoms with Crippen LogP contribution in [0, 0.1) is 5.92 Å². The molecule has 16 heavy (non-hydrogen) atoms. The molecule has 0 radical (unpaired) electrons. The quantitative estimate of drug-likeness (QED) is 0.801. The van der Waals surface area contributed by atoms with Crippen LogP contribution in [0.3, 0.4) is 0 Å². The van der Waals surface area contributed by atoms with E-state index in [0.29, 0.717) is 12.5 Å². The molecule has 0 saturated carbocycles. The number of hydrogen-bond donors (Lipinski definition) is 1. The van der Waals surface area contributed by atoms with Crippen LogP contribution in [0.25, 0.3) is 0 Å². The molecule has 0 fully saturated rings. The van der Waals surface area contributed by atoms with E-state index >= 15 is 0 Å². The van der Waals surface area contributed by atoms with Crippen molar-refractivity contribution in [1.29, 1.82) is 0 Å². The minimum absolute atomic E-state index is 0.0390. The van der Waals surface area contributed by atoms with Gasteiger partial charge in [-0.1, -0.05) is 44.2 Å². The number of nitrogens with two attached hydrogens (primary N) is 1. The molecule has 0 aliphatic carbocycles. The van der Waals surface area contributed by atoms with Gasteiger partial charge in [-0.25, -0.2) is 0 Å². The summed E-state index contributed by atoms with van der Waals surface area (Å²) in [6, 6.07) is 10.5. The van der Waals surface area contributed by atoms with Crippen LogP contribution in [0.1, 0.15) is 25.8 Å². The van der Waals surface area contributed by atoms with Gasteiger partial charge in [-0.3, -0.25) is 0 Å². The van der Waals surface area contributed by atoms with Gasteiger partial charge >= 0.3 is 0 Å². The lowest BCUT2D eigenvalue weighted by Gasteiger charge is -2.38. The smallest absolute Gasteiger partial charge is 0.0496 e. The first kappa shape index (κ1) is 13.2. The lowest BCUT2D eigenvalue weighted by atomic mass is 9.69. The van der Waals surface area contributed by atoms with Gasteiger partial charge in [0.15, 0.2) is 0 Å². The van der Waals surface area contributed by atoms with Crippen molar-refractivity contribution in [3.8, 4) is 0 Å². The molecule has 1 aromatic carbocycles. The number of ether oxygens (including phenoxy) is 1. The van der Waals surface area contributed by atoms with Crippen molar-refractivity contribution in [3.05, 3.63) is 35.9 Å². The van der Waals surface area contributed by atoms with Gasteiger partial charge in [-0.05, 0) is 17.9 Å². The van der Waals surface area contributed by atoms with E-state index in [2.05, 4.69) is 38.1 Å². The predicted octanol–water partition coefficient (Wildman–Crippen LogP) is 2.58. The number of benzene rings is 1. The van der Waals surface area contributed by atoms with Crippen molar-refractivity contribution in [2.75, 3.05) is 20.3 Å². The van der Waals surface area contributed by atoms with Gasteiger partial charge in [-0.2, -0.15) is 0 Å². The van der Waals surface area contributed by atoms with Crippen molar-refractivity contribution >= 4 is 0 Å². The molecule has 2 N–H and O–H groups in total. The van der Waals surface area contributed by atoms with Gasteiger partial charge in [0.2, 0.25) is 0 Å². The summed E-state index contributed by atoms with van der Waals surface area (Å²) in [4.78, 5) is 0. The molecule has 0 heterocycles. The maximum Gasteiger partial charge on any atom is 0.0496 e. The Morgan fingerprint density at radius 1 is 1.31 bits per heavy atom. The third-order valence-electron chi connectivity index (χ3n) is 3.70. The topological polar surface area (TPSA) is 35.2 Å². The minimum atomic E-state index is 0.0390. The normalized spacial score (nSPS) is 16.8. The van der Waals surface area contributed by atoms with Gasteiger partial charge in [0.25, 0.3) is 0 Å². The Kier molecular flexibility index (Phi) is 4.97. The first-order valence-corrected chi connectivity index (χ1v) is 5.95. The highest BCUT2D eigenvalue weighted by atomic mass is 16.5. The summed E-state index contributed by atoms with van der Waals surface area (Å²) >= 11 is 0. The van der Waals surface area contributed by atoms with E-state index in [1.54, 1.807) is 7.11 Å². The number of rotatable bonds is 6. The van der Waals surface area contributed by atoms with E-state index < -0.39 is 0 Å². The molecule has 0 saturated heterocycles. The summed E-state index contributed by atoms with van der Waals surface area (Å²) in [6.45, 7) is 5.83. The maximum absolute atomic E-state index is 6.03. The van der Waals surface area contributed by atoms with Crippen LogP contribution in [0.5, 0.6) is 0 Å². The summed E-state index contributed by atoms with van der Waals surface area (Å²) in [5, 5.41) is 0. The summed E-state index contributed by atoms with van der Waals surface area (Å²) < 4.78 is 5.28. The Hall–Kier alpha value is -0.860. The van der Waals surface area contributed by atoms with Crippen LogP contribution in [0.4, 0.5) is 0 Å². The molecule has 1 aromatic rings. The SMILES string of the molecule is CCC(CN)(c1ccccc1)C(C)COC.